The number of imidazole rings is 1. The zero-order valence-corrected chi connectivity index (χ0v) is 16.4. The van der Waals surface area contributed by atoms with E-state index in [0.29, 0.717) is 10.6 Å². The highest BCUT2D eigenvalue weighted by atomic mass is 35.5. The molecule has 0 bridgehead atoms. The predicted molar refractivity (Wildman–Crippen MR) is 109 cm³/mol. The normalized spacial score (nSPS) is 12.0. The summed E-state index contributed by atoms with van der Waals surface area (Å²) in [4.78, 5) is 17.3. The molecule has 5 heteroatoms. The molecule has 0 aliphatic heterocycles. The molecule has 1 heterocycles. The summed E-state index contributed by atoms with van der Waals surface area (Å²) in [6, 6.07) is 14.9. The summed E-state index contributed by atoms with van der Waals surface area (Å²) in [5.41, 5.74) is 2.83. The van der Waals surface area contributed by atoms with Gasteiger partial charge < -0.3 is 9.88 Å². The molecule has 1 aromatic heterocycles. The Balaban J connectivity index is 1.82. The van der Waals surface area contributed by atoms with Crippen molar-refractivity contribution in [3.63, 3.8) is 0 Å². The van der Waals surface area contributed by atoms with Crippen molar-refractivity contribution in [2.24, 2.45) is 7.05 Å². The van der Waals surface area contributed by atoms with Crippen LogP contribution in [0, 0.1) is 0 Å². The fourth-order valence-electron chi connectivity index (χ4n) is 3.03. The maximum absolute atomic E-state index is 12.9. The van der Waals surface area contributed by atoms with Gasteiger partial charge in [0.1, 0.15) is 11.9 Å². The van der Waals surface area contributed by atoms with Gasteiger partial charge in [-0.25, -0.2) is 4.98 Å². The van der Waals surface area contributed by atoms with Crippen LogP contribution in [0.3, 0.4) is 0 Å². The largest absolute Gasteiger partial charge is 0.338 e. The van der Waals surface area contributed by atoms with E-state index in [4.69, 9.17) is 11.6 Å². The van der Waals surface area contributed by atoms with Gasteiger partial charge in [0.2, 0.25) is 0 Å². The molecule has 140 valence electrons. The second-order valence-corrected chi connectivity index (χ2v) is 7.09. The van der Waals surface area contributed by atoms with Gasteiger partial charge in [-0.2, -0.15) is 0 Å². The maximum atomic E-state index is 12.9. The van der Waals surface area contributed by atoms with Crippen molar-refractivity contribution < 1.29 is 4.79 Å². The average Bonchev–Trinajstić information content (AvgIpc) is 3.11. The SMILES string of the molecule is CCCCc1ccc(C(=O)NC(c2ccc(Cl)cc2)c2nccn2C)cc1. The lowest BCUT2D eigenvalue weighted by atomic mass is 10.0. The van der Waals surface area contributed by atoms with Crippen molar-refractivity contribution in [3.8, 4) is 0 Å². The first kappa shape index (κ1) is 19.2. The highest BCUT2D eigenvalue weighted by Gasteiger charge is 2.21. The van der Waals surface area contributed by atoms with E-state index in [1.807, 2.05) is 66.3 Å². The number of hydrogen-bond donors (Lipinski definition) is 1. The first-order chi connectivity index (χ1) is 13.1. The fourth-order valence-corrected chi connectivity index (χ4v) is 3.15. The molecule has 0 saturated carbocycles. The smallest absolute Gasteiger partial charge is 0.252 e. The number of aromatic nitrogens is 2. The van der Waals surface area contributed by atoms with Crippen molar-refractivity contribution in [2.75, 3.05) is 0 Å². The molecule has 4 nitrogen and oxygen atoms in total. The summed E-state index contributed by atoms with van der Waals surface area (Å²) in [5, 5.41) is 3.77. The lowest BCUT2D eigenvalue weighted by Crippen LogP contribution is -2.31. The summed E-state index contributed by atoms with van der Waals surface area (Å²) >= 11 is 6.02. The number of carbonyl (C=O) groups is 1. The highest BCUT2D eigenvalue weighted by molar-refractivity contribution is 6.30. The van der Waals surface area contributed by atoms with E-state index in [-0.39, 0.29) is 11.9 Å². The van der Waals surface area contributed by atoms with Gasteiger partial charge >= 0.3 is 0 Å². The van der Waals surface area contributed by atoms with Crippen LogP contribution in [0.1, 0.15) is 53.1 Å². The van der Waals surface area contributed by atoms with Crippen molar-refractivity contribution in [2.45, 2.75) is 32.2 Å². The molecule has 0 aliphatic carbocycles. The fraction of sp³-hybridized carbons (Fsp3) is 0.273. The van der Waals surface area contributed by atoms with Crippen molar-refractivity contribution in [1.82, 2.24) is 14.9 Å². The number of aryl methyl sites for hydroxylation is 2. The second-order valence-electron chi connectivity index (χ2n) is 6.65. The molecular formula is C22H24ClN3O. The Hall–Kier alpha value is -2.59. The molecular weight excluding hydrogens is 358 g/mol. The third-order valence-corrected chi connectivity index (χ3v) is 4.88. The van der Waals surface area contributed by atoms with Crippen molar-refractivity contribution in [1.29, 1.82) is 0 Å². The van der Waals surface area contributed by atoms with Crippen molar-refractivity contribution in [3.05, 3.63) is 88.5 Å². The Kier molecular flexibility index (Phi) is 6.30. The molecule has 27 heavy (non-hydrogen) atoms. The van der Waals surface area contributed by atoms with Crippen LogP contribution < -0.4 is 5.32 Å². The van der Waals surface area contributed by atoms with Crippen LogP contribution in [0.15, 0.2) is 60.9 Å². The number of halogens is 1. The zero-order chi connectivity index (χ0) is 19.2. The maximum Gasteiger partial charge on any atom is 0.252 e. The third-order valence-electron chi connectivity index (χ3n) is 4.63. The molecule has 3 rings (SSSR count). The molecule has 2 aromatic carbocycles. The second kappa shape index (κ2) is 8.87. The Bertz CT molecular complexity index is 885. The van der Waals surface area contributed by atoms with E-state index >= 15 is 0 Å². The van der Waals surface area contributed by atoms with Crippen LogP contribution in [0.25, 0.3) is 0 Å². The molecule has 0 fully saturated rings. The lowest BCUT2D eigenvalue weighted by molar-refractivity contribution is 0.0941. The molecule has 1 amide bonds. The third kappa shape index (κ3) is 4.77. The number of hydrogen-bond acceptors (Lipinski definition) is 2. The molecule has 0 spiro atoms. The van der Waals surface area contributed by atoms with Gasteiger partial charge in [0.15, 0.2) is 0 Å². The minimum absolute atomic E-state index is 0.125. The van der Waals surface area contributed by atoms with E-state index in [1.54, 1.807) is 6.20 Å². The van der Waals surface area contributed by atoms with E-state index in [1.165, 1.54) is 5.56 Å². The molecule has 1 unspecified atom stereocenters. The molecule has 0 aliphatic rings. The monoisotopic (exact) mass is 381 g/mol. The number of benzene rings is 2. The van der Waals surface area contributed by atoms with Crippen LogP contribution >= 0.6 is 11.6 Å². The summed E-state index contributed by atoms with van der Waals surface area (Å²) in [7, 11) is 1.92. The number of unbranched alkanes of at least 4 members (excludes halogenated alkanes) is 1. The average molecular weight is 382 g/mol. The van der Waals surface area contributed by atoms with Gasteiger partial charge in [-0.1, -0.05) is 49.2 Å². The predicted octanol–water partition coefficient (Wildman–Crippen LogP) is 4.94. The lowest BCUT2D eigenvalue weighted by Gasteiger charge is -2.19. The molecule has 1 atom stereocenters. The van der Waals surface area contributed by atoms with Crippen LogP contribution in [-0.2, 0) is 13.5 Å². The molecule has 0 saturated heterocycles. The molecule has 3 aromatic rings. The van der Waals surface area contributed by atoms with Crippen LogP contribution in [-0.4, -0.2) is 15.5 Å². The van der Waals surface area contributed by atoms with Crippen LogP contribution in [0.4, 0.5) is 0 Å². The van der Waals surface area contributed by atoms with Crippen LogP contribution in [0.5, 0.6) is 0 Å². The van der Waals surface area contributed by atoms with Crippen LogP contribution in [0.2, 0.25) is 5.02 Å². The number of carbonyl (C=O) groups excluding carboxylic acids is 1. The van der Waals surface area contributed by atoms with Gasteiger partial charge in [0, 0.05) is 30.0 Å². The minimum atomic E-state index is -0.352. The summed E-state index contributed by atoms with van der Waals surface area (Å²) in [6.07, 6.45) is 6.96. The van der Waals surface area contributed by atoms with Crippen molar-refractivity contribution >= 4 is 17.5 Å². The van der Waals surface area contributed by atoms with Gasteiger partial charge in [0.25, 0.3) is 5.91 Å². The first-order valence-corrected chi connectivity index (χ1v) is 9.58. The topological polar surface area (TPSA) is 46.9 Å². The zero-order valence-electron chi connectivity index (χ0n) is 15.7. The van der Waals surface area contributed by atoms with E-state index < -0.39 is 0 Å². The quantitative estimate of drug-likeness (QED) is 0.630. The number of amides is 1. The summed E-state index contributed by atoms with van der Waals surface area (Å²) in [5.74, 6) is 0.644. The first-order valence-electron chi connectivity index (χ1n) is 9.21. The Labute approximate surface area is 165 Å². The summed E-state index contributed by atoms with van der Waals surface area (Å²) < 4.78 is 1.91. The van der Waals surface area contributed by atoms with Gasteiger partial charge in [-0.15, -0.1) is 0 Å². The van der Waals surface area contributed by atoms with E-state index in [9.17, 15) is 4.79 Å². The number of nitrogens with one attached hydrogen (secondary N) is 1. The Morgan fingerprint density at radius 3 is 2.44 bits per heavy atom. The number of nitrogens with zero attached hydrogens (tertiary/aromatic N) is 2. The van der Waals surface area contributed by atoms with E-state index in [2.05, 4.69) is 17.2 Å². The van der Waals surface area contributed by atoms with Gasteiger partial charge in [-0.05, 0) is 48.2 Å². The standard InChI is InChI=1S/C22H24ClN3O/c1-3-4-5-16-6-8-18(9-7-16)22(27)25-20(21-24-14-15-26(21)2)17-10-12-19(23)13-11-17/h6-15,20H,3-5H2,1-2H3,(H,25,27). The minimum Gasteiger partial charge on any atom is -0.338 e. The Morgan fingerprint density at radius 2 is 1.85 bits per heavy atom. The molecule has 0 radical (unpaired) electrons. The Morgan fingerprint density at radius 1 is 1.15 bits per heavy atom. The van der Waals surface area contributed by atoms with Gasteiger partial charge in [-0.3, -0.25) is 4.79 Å². The van der Waals surface area contributed by atoms with E-state index in [0.717, 1.165) is 30.7 Å². The molecule has 1 N–H and O–H groups in total. The summed E-state index contributed by atoms with van der Waals surface area (Å²) in [6.45, 7) is 2.18. The number of rotatable bonds is 7. The van der Waals surface area contributed by atoms with Gasteiger partial charge in [0.05, 0.1) is 0 Å². The highest BCUT2D eigenvalue weighted by Crippen LogP contribution is 2.23.